The van der Waals surface area contributed by atoms with Gasteiger partial charge < -0.3 is 14.8 Å². The van der Waals surface area contributed by atoms with E-state index in [1.165, 1.54) is 32.1 Å². The van der Waals surface area contributed by atoms with E-state index in [1.807, 2.05) is 18.2 Å². The van der Waals surface area contributed by atoms with E-state index in [2.05, 4.69) is 12.2 Å². The zero-order chi connectivity index (χ0) is 13.7. The third kappa shape index (κ3) is 3.55. The number of nitrogens with one attached hydrogen (secondary N) is 1. The Labute approximate surface area is 116 Å². The molecular weight excluding hydrogens is 238 g/mol. The predicted octanol–water partition coefficient (Wildman–Crippen LogP) is 4.08. The van der Waals surface area contributed by atoms with Crippen LogP contribution in [0.3, 0.4) is 0 Å². The normalized spacial score (nSPS) is 22.9. The Morgan fingerprint density at radius 3 is 2.74 bits per heavy atom. The number of hydrogen-bond donors (Lipinski definition) is 1. The average molecular weight is 263 g/mol. The van der Waals surface area contributed by atoms with E-state index in [1.54, 1.807) is 14.2 Å². The first-order valence-electron chi connectivity index (χ1n) is 7.25. The Morgan fingerprint density at radius 2 is 2.05 bits per heavy atom. The van der Waals surface area contributed by atoms with Crippen LogP contribution in [0.25, 0.3) is 0 Å². The van der Waals surface area contributed by atoms with Crippen molar-refractivity contribution in [1.29, 1.82) is 0 Å². The third-order valence-electron chi connectivity index (χ3n) is 4.13. The molecule has 1 aliphatic rings. The number of ether oxygens (including phenoxy) is 2. The van der Waals surface area contributed by atoms with Crippen LogP contribution in [-0.4, -0.2) is 20.3 Å². The molecule has 0 radical (unpaired) electrons. The summed E-state index contributed by atoms with van der Waals surface area (Å²) in [4.78, 5) is 0. The highest BCUT2D eigenvalue weighted by molar-refractivity contribution is 5.59. The highest BCUT2D eigenvalue weighted by Gasteiger charge is 2.21. The molecule has 1 N–H and O–H groups in total. The average Bonchev–Trinajstić information content (AvgIpc) is 2.48. The molecule has 0 heterocycles. The fraction of sp³-hybridized carbons (Fsp3) is 0.625. The van der Waals surface area contributed by atoms with Crippen molar-refractivity contribution in [2.75, 3.05) is 19.5 Å². The van der Waals surface area contributed by atoms with Crippen molar-refractivity contribution in [2.24, 2.45) is 5.92 Å². The van der Waals surface area contributed by atoms with Crippen molar-refractivity contribution < 1.29 is 9.47 Å². The predicted molar refractivity (Wildman–Crippen MR) is 79.2 cm³/mol. The minimum atomic E-state index is 0.570. The van der Waals surface area contributed by atoms with E-state index < -0.39 is 0 Å². The molecule has 1 saturated carbocycles. The van der Waals surface area contributed by atoms with E-state index >= 15 is 0 Å². The summed E-state index contributed by atoms with van der Waals surface area (Å²) in [6.07, 6.45) is 6.53. The summed E-state index contributed by atoms with van der Waals surface area (Å²) in [7, 11) is 3.38. The first-order valence-corrected chi connectivity index (χ1v) is 7.25. The van der Waals surface area contributed by atoms with Crippen LogP contribution in [0.5, 0.6) is 11.5 Å². The highest BCUT2D eigenvalue weighted by Crippen LogP contribution is 2.33. The minimum Gasteiger partial charge on any atom is -0.497 e. The second kappa shape index (κ2) is 6.69. The lowest BCUT2D eigenvalue weighted by Gasteiger charge is -2.30. The zero-order valence-corrected chi connectivity index (χ0v) is 12.2. The molecule has 0 bridgehead atoms. The molecule has 19 heavy (non-hydrogen) atoms. The highest BCUT2D eigenvalue weighted by atomic mass is 16.5. The van der Waals surface area contributed by atoms with Gasteiger partial charge in [-0.15, -0.1) is 0 Å². The van der Waals surface area contributed by atoms with Crippen LogP contribution in [0.4, 0.5) is 5.69 Å². The standard InChI is InChI=1S/C16H25NO2/c1-4-12-6-5-7-13(10-12)17-15-9-8-14(18-2)11-16(15)19-3/h8-9,11-13,17H,4-7,10H2,1-3H3. The van der Waals surface area contributed by atoms with E-state index in [0.29, 0.717) is 6.04 Å². The molecule has 1 aromatic rings. The lowest BCUT2D eigenvalue weighted by atomic mass is 9.84. The molecule has 3 heteroatoms. The SMILES string of the molecule is CCC1CCCC(Nc2ccc(OC)cc2OC)C1. The van der Waals surface area contributed by atoms with Gasteiger partial charge in [0.05, 0.1) is 19.9 Å². The number of rotatable bonds is 5. The lowest BCUT2D eigenvalue weighted by molar-refractivity contribution is 0.326. The van der Waals surface area contributed by atoms with Gasteiger partial charge in [0, 0.05) is 12.1 Å². The molecule has 0 saturated heterocycles. The Morgan fingerprint density at radius 1 is 1.21 bits per heavy atom. The van der Waals surface area contributed by atoms with Crippen LogP contribution in [0, 0.1) is 5.92 Å². The van der Waals surface area contributed by atoms with Gasteiger partial charge in [-0.3, -0.25) is 0 Å². The molecule has 2 atom stereocenters. The van der Waals surface area contributed by atoms with Crippen LogP contribution in [0.2, 0.25) is 0 Å². The fourth-order valence-corrected chi connectivity index (χ4v) is 2.93. The lowest BCUT2D eigenvalue weighted by Crippen LogP contribution is -2.27. The summed E-state index contributed by atoms with van der Waals surface area (Å²) in [5.74, 6) is 2.56. The van der Waals surface area contributed by atoms with Gasteiger partial charge in [0.15, 0.2) is 0 Å². The molecule has 0 spiro atoms. The Hall–Kier alpha value is -1.38. The van der Waals surface area contributed by atoms with Gasteiger partial charge in [0.2, 0.25) is 0 Å². The molecular formula is C16H25NO2. The van der Waals surface area contributed by atoms with E-state index in [4.69, 9.17) is 9.47 Å². The maximum absolute atomic E-state index is 5.44. The van der Waals surface area contributed by atoms with E-state index in [0.717, 1.165) is 23.1 Å². The van der Waals surface area contributed by atoms with E-state index in [9.17, 15) is 0 Å². The molecule has 2 rings (SSSR count). The first kappa shape index (κ1) is 14.0. The molecule has 2 unspecified atom stereocenters. The fourth-order valence-electron chi connectivity index (χ4n) is 2.93. The molecule has 106 valence electrons. The molecule has 1 fully saturated rings. The van der Waals surface area contributed by atoms with Crippen molar-refractivity contribution in [3.05, 3.63) is 18.2 Å². The summed E-state index contributed by atoms with van der Waals surface area (Å²) in [6.45, 7) is 2.29. The number of anilines is 1. The van der Waals surface area contributed by atoms with Crippen LogP contribution >= 0.6 is 0 Å². The summed E-state index contributed by atoms with van der Waals surface area (Å²) < 4.78 is 10.7. The summed E-state index contributed by atoms with van der Waals surface area (Å²) in [6, 6.07) is 6.53. The molecule has 1 aromatic carbocycles. The number of benzene rings is 1. The third-order valence-corrected chi connectivity index (χ3v) is 4.13. The van der Waals surface area contributed by atoms with Crippen molar-refractivity contribution in [3.63, 3.8) is 0 Å². The number of methoxy groups -OCH3 is 2. The van der Waals surface area contributed by atoms with Gasteiger partial charge in [0.25, 0.3) is 0 Å². The Kier molecular flexibility index (Phi) is 4.94. The Bertz CT molecular complexity index is 406. The van der Waals surface area contributed by atoms with Crippen molar-refractivity contribution >= 4 is 5.69 Å². The maximum Gasteiger partial charge on any atom is 0.145 e. The van der Waals surface area contributed by atoms with Gasteiger partial charge in [0.1, 0.15) is 11.5 Å². The number of hydrogen-bond acceptors (Lipinski definition) is 3. The first-order chi connectivity index (χ1) is 9.26. The van der Waals surface area contributed by atoms with Crippen LogP contribution < -0.4 is 14.8 Å². The largest absolute Gasteiger partial charge is 0.497 e. The van der Waals surface area contributed by atoms with Gasteiger partial charge >= 0.3 is 0 Å². The van der Waals surface area contributed by atoms with Crippen molar-refractivity contribution in [2.45, 2.75) is 45.1 Å². The second-order valence-corrected chi connectivity index (χ2v) is 5.35. The molecule has 1 aliphatic carbocycles. The molecule has 3 nitrogen and oxygen atoms in total. The van der Waals surface area contributed by atoms with Gasteiger partial charge in [-0.25, -0.2) is 0 Å². The molecule has 0 aliphatic heterocycles. The second-order valence-electron chi connectivity index (χ2n) is 5.35. The molecule has 0 aromatic heterocycles. The summed E-state index contributed by atoms with van der Waals surface area (Å²) >= 11 is 0. The summed E-state index contributed by atoms with van der Waals surface area (Å²) in [5, 5.41) is 3.64. The Balaban J connectivity index is 2.05. The van der Waals surface area contributed by atoms with Crippen LogP contribution in [0.15, 0.2) is 18.2 Å². The maximum atomic E-state index is 5.44. The topological polar surface area (TPSA) is 30.5 Å². The van der Waals surface area contributed by atoms with Gasteiger partial charge in [-0.05, 0) is 30.9 Å². The van der Waals surface area contributed by atoms with Gasteiger partial charge in [-0.1, -0.05) is 26.2 Å². The molecule has 0 amide bonds. The zero-order valence-electron chi connectivity index (χ0n) is 12.2. The minimum absolute atomic E-state index is 0.570. The monoisotopic (exact) mass is 263 g/mol. The van der Waals surface area contributed by atoms with Gasteiger partial charge in [-0.2, -0.15) is 0 Å². The summed E-state index contributed by atoms with van der Waals surface area (Å²) in [5.41, 5.74) is 1.07. The van der Waals surface area contributed by atoms with Crippen molar-refractivity contribution in [3.8, 4) is 11.5 Å². The van der Waals surface area contributed by atoms with Crippen LogP contribution in [0.1, 0.15) is 39.0 Å². The van der Waals surface area contributed by atoms with Crippen LogP contribution in [-0.2, 0) is 0 Å². The van der Waals surface area contributed by atoms with Crippen molar-refractivity contribution in [1.82, 2.24) is 0 Å². The van der Waals surface area contributed by atoms with E-state index in [-0.39, 0.29) is 0 Å². The smallest absolute Gasteiger partial charge is 0.145 e. The quantitative estimate of drug-likeness (QED) is 0.868.